The van der Waals surface area contributed by atoms with Crippen LogP contribution in [0.1, 0.15) is 52.2 Å². The van der Waals surface area contributed by atoms with Gasteiger partial charge in [0.05, 0.1) is 11.6 Å². The lowest BCUT2D eigenvalue weighted by Crippen LogP contribution is -2.50. The van der Waals surface area contributed by atoms with Gasteiger partial charge in [-0.05, 0) is 70.1 Å². The van der Waals surface area contributed by atoms with Crippen LogP contribution in [-0.2, 0) is 21.5 Å². The van der Waals surface area contributed by atoms with Crippen molar-refractivity contribution in [3.05, 3.63) is 58.1 Å². The van der Waals surface area contributed by atoms with E-state index >= 15 is 0 Å². The molecule has 0 heterocycles. The second-order valence-corrected chi connectivity index (χ2v) is 9.73. The molecule has 180 valence electrons. The number of halogens is 1. The first-order valence-electron chi connectivity index (χ1n) is 11.2. The van der Waals surface area contributed by atoms with Crippen molar-refractivity contribution < 1.29 is 19.1 Å². The first kappa shape index (κ1) is 26.7. The molecular formula is C26H35BrN2O4. The third-order valence-electron chi connectivity index (χ3n) is 5.40. The molecule has 0 saturated heterocycles. The Balaban J connectivity index is 2.22. The van der Waals surface area contributed by atoms with Gasteiger partial charge in [0.15, 0.2) is 6.61 Å². The molecule has 2 rings (SSSR count). The van der Waals surface area contributed by atoms with Crippen LogP contribution in [0.5, 0.6) is 11.5 Å². The van der Waals surface area contributed by atoms with Crippen LogP contribution in [0.25, 0.3) is 0 Å². The third-order valence-corrected chi connectivity index (χ3v) is 6.02. The fourth-order valence-corrected chi connectivity index (χ4v) is 3.94. The molecule has 1 atom stereocenters. The number of rotatable bonds is 10. The minimum Gasteiger partial charge on any atom is -0.497 e. The summed E-state index contributed by atoms with van der Waals surface area (Å²) in [7, 11) is 1.61. The van der Waals surface area contributed by atoms with Gasteiger partial charge < -0.3 is 19.7 Å². The van der Waals surface area contributed by atoms with E-state index in [1.54, 1.807) is 12.0 Å². The Kier molecular flexibility index (Phi) is 9.77. The Bertz CT molecular complexity index is 938. The van der Waals surface area contributed by atoms with Crippen molar-refractivity contribution in [2.75, 3.05) is 20.3 Å². The Labute approximate surface area is 205 Å². The van der Waals surface area contributed by atoms with Gasteiger partial charge in [-0.2, -0.15) is 0 Å². The number of hydrogen-bond acceptors (Lipinski definition) is 4. The Morgan fingerprint density at radius 1 is 1.09 bits per heavy atom. The first-order chi connectivity index (χ1) is 15.6. The molecule has 0 aliphatic carbocycles. The summed E-state index contributed by atoms with van der Waals surface area (Å²) in [6.07, 6.45) is 0.498. The van der Waals surface area contributed by atoms with Gasteiger partial charge in [0.25, 0.3) is 5.91 Å². The van der Waals surface area contributed by atoms with Crippen LogP contribution < -0.4 is 14.8 Å². The summed E-state index contributed by atoms with van der Waals surface area (Å²) in [5.74, 6) is 0.902. The first-order valence-corrected chi connectivity index (χ1v) is 12.0. The maximum atomic E-state index is 13.3. The number of hydrogen-bond donors (Lipinski definition) is 1. The van der Waals surface area contributed by atoms with Gasteiger partial charge in [0.2, 0.25) is 5.91 Å². The molecule has 0 fully saturated rings. The molecule has 7 heteroatoms. The van der Waals surface area contributed by atoms with Gasteiger partial charge in [-0.15, -0.1) is 0 Å². The molecule has 0 bridgehead atoms. The van der Waals surface area contributed by atoms with E-state index in [4.69, 9.17) is 9.47 Å². The normalized spacial score (nSPS) is 12.1. The van der Waals surface area contributed by atoms with E-state index in [-0.39, 0.29) is 23.8 Å². The zero-order valence-electron chi connectivity index (χ0n) is 20.4. The summed E-state index contributed by atoms with van der Waals surface area (Å²) in [5, 5.41) is 2.84. The molecule has 0 aliphatic rings. The van der Waals surface area contributed by atoms with Crippen LogP contribution in [0, 0.1) is 0 Å². The molecule has 6 nitrogen and oxygen atoms in total. The van der Waals surface area contributed by atoms with Gasteiger partial charge in [-0.3, -0.25) is 9.59 Å². The number of methoxy groups -OCH3 is 1. The molecule has 33 heavy (non-hydrogen) atoms. The summed E-state index contributed by atoms with van der Waals surface area (Å²) in [6, 6.07) is 12.8. The number of carbonyl (C=O) groups is 2. The van der Waals surface area contributed by atoms with E-state index in [1.165, 1.54) is 0 Å². The average molecular weight is 519 g/mol. The minimum absolute atomic E-state index is 0.00696. The second kappa shape index (κ2) is 12.1. The lowest BCUT2D eigenvalue weighted by atomic mass is 9.87. The van der Waals surface area contributed by atoms with E-state index in [9.17, 15) is 9.59 Å². The van der Waals surface area contributed by atoms with Crippen molar-refractivity contribution in [3.63, 3.8) is 0 Å². The van der Waals surface area contributed by atoms with Gasteiger partial charge >= 0.3 is 0 Å². The molecule has 0 unspecified atom stereocenters. The number of nitrogens with zero attached hydrogens (tertiary/aromatic N) is 1. The van der Waals surface area contributed by atoms with Crippen molar-refractivity contribution >= 4 is 27.7 Å². The van der Waals surface area contributed by atoms with Crippen LogP contribution in [0.3, 0.4) is 0 Å². The summed E-state index contributed by atoms with van der Waals surface area (Å²) in [6.45, 7) is 10.8. The SMILES string of the molecule is CCNC(=O)[C@H](CC)N(Cc1ccc(OC)cc1)C(=O)COc1ccc(C(C)(C)C)cc1Br. The number of nitrogens with one attached hydrogen (secondary N) is 1. The largest absolute Gasteiger partial charge is 0.497 e. The fourth-order valence-electron chi connectivity index (χ4n) is 3.45. The smallest absolute Gasteiger partial charge is 0.261 e. The van der Waals surface area contributed by atoms with Gasteiger partial charge in [0, 0.05) is 13.1 Å². The molecule has 0 saturated carbocycles. The van der Waals surface area contributed by atoms with Gasteiger partial charge in [-0.1, -0.05) is 45.9 Å². The molecule has 2 amide bonds. The molecule has 0 aliphatic heterocycles. The Morgan fingerprint density at radius 3 is 2.27 bits per heavy atom. The average Bonchev–Trinajstić information content (AvgIpc) is 2.77. The number of benzene rings is 2. The van der Waals surface area contributed by atoms with E-state index in [0.29, 0.717) is 25.3 Å². The molecule has 2 aromatic rings. The maximum absolute atomic E-state index is 13.3. The molecular weight excluding hydrogens is 484 g/mol. The van der Waals surface area contributed by atoms with Crippen LogP contribution in [-0.4, -0.2) is 43.0 Å². The van der Waals surface area contributed by atoms with Crippen molar-refractivity contribution in [1.29, 1.82) is 0 Å². The van der Waals surface area contributed by atoms with E-state index in [0.717, 1.165) is 21.3 Å². The zero-order valence-corrected chi connectivity index (χ0v) is 22.0. The number of amides is 2. The standard InChI is InChI=1S/C26H35BrN2O4/c1-7-22(25(31)28-8-2)29(16-18-9-12-20(32-6)13-10-18)24(30)17-33-23-14-11-19(15-21(23)27)26(3,4)5/h9-15,22H,7-8,16-17H2,1-6H3,(H,28,31)/t22-/m0/s1. The predicted octanol–water partition coefficient (Wildman–Crippen LogP) is 5.08. The lowest BCUT2D eigenvalue weighted by Gasteiger charge is -2.30. The van der Waals surface area contributed by atoms with Crippen LogP contribution in [0.2, 0.25) is 0 Å². The fraction of sp³-hybridized carbons (Fsp3) is 0.462. The van der Waals surface area contributed by atoms with Crippen molar-refractivity contribution in [1.82, 2.24) is 10.2 Å². The highest BCUT2D eigenvalue weighted by molar-refractivity contribution is 9.10. The highest BCUT2D eigenvalue weighted by Crippen LogP contribution is 2.31. The van der Waals surface area contributed by atoms with Crippen LogP contribution in [0.4, 0.5) is 0 Å². The van der Waals surface area contributed by atoms with Crippen LogP contribution in [0.15, 0.2) is 46.9 Å². The van der Waals surface area contributed by atoms with E-state index in [2.05, 4.69) is 42.0 Å². The quantitative estimate of drug-likeness (QED) is 0.476. The molecule has 1 N–H and O–H groups in total. The topological polar surface area (TPSA) is 67.9 Å². The highest BCUT2D eigenvalue weighted by atomic mass is 79.9. The van der Waals surface area contributed by atoms with E-state index < -0.39 is 6.04 Å². The third kappa shape index (κ3) is 7.49. The number of ether oxygens (including phenoxy) is 2. The molecule has 0 aromatic heterocycles. The number of likely N-dealkylation sites (N-methyl/N-ethyl adjacent to an activating group) is 1. The molecule has 0 spiro atoms. The summed E-state index contributed by atoms with van der Waals surface area (Å²) >= 11 is 3.55. The molecule has 2 aromatic carbocycles. The minimum atomic E-state index is -0.588. The Hall–Kier alpha value is -2.54. The maximum Gasteiger partial charge on any atom is 0.261 e. The Morgan fingerprint density at radius 2 is 1.76 bits per heavy atom. The van der Waals surface area contributed by atoms with Gasteiger partial charge in [-0.25, -0.2) is 0 Å². The number of carbonyl (C=O) groups excluding carboxylic acids is 2. The summed E-state index contributed by atoms with van der Waals surface area (Å²) in [5.41, 5.74) is 2.08. The van der Waals surface area contributed by atoms with Crippen molar-refractivity contribution in [2.45, 2.75) is 59.0 Å². The monoisotopic (exact) mass is 518 g/mol. The van der Waals surface area contributed by atoms with Crippen molar-refractivity contribution in [2.24, 2.45) is 0 Å². The summed E-state index contributed by atoms with van der Waals surface area (Å²) in [4.78, 5) is 27.6. The lowest BCUT2D eigenvalue weighted by molar-refractivity contribution is -0.142. The zero-order chi connectivity index (χ0) is 24.6. The van der Waals surface area contributed by atoms with Crippen molar-refractivity contribution in [3.8, 4) is 11.5 Å². The summed E-state index contributed by atoms with van der Waals surface area (Å²) < 4.78 is 11.9. The van der Waals surface area contributed by atoms with E-state index in [1.807, 2.05) is 56.3 Å². The predicted molar refractivity (Wildman–Crippen MR) is 135 cm³/mol. The van der Waals surface area contributed by atoms with Gasteiger partial charge in [0.1, 0.15) is 17.5 Å². The second-order valence-electron chi connectivity index (χ2n) is 8.87. The highest BCUT2D eigenvalue weighted by Gasteiger charge is 2.29. The molecule has 0 radical (unpaired) electrons. The van der Waals surface area contributed by atoms with Crippen LogP contribution >= 0.6 is 15.9 Å².